The van der Waals surface area contributed by atoms with Crippen molar-refractivity contribution in [2.24, 2.45) is 28.9 Å². The highest BCUT2D eigenvalue weighted by Crippen LogP contribution is 2.50. The molecular formula is C18H33ClN2O2. The molecule has 5 heteroatoms. The zero-order valence-corrected chi connectivity index (χ0v) is 15.6. The molecule has 3 rings (SSSR count). The average Bonchev–Trinajstić information content (AvgIpc) is 3.09. The Bertz CT molecular complexity index is 443. The summed E-state index contributed by atoms with van der Waals surface area (Å²) in [6.07, 6.45) is 7.51. The molecule has 3 saturated carbocycles. The van der Waals surface area contributed by atoms with Crippen LogP contribution in [-0.4, -0.2) is 30.7 Å². The van der Waals surface area contributed by atoms with Crippen LogP contribution in [0.4, 0.5) is 0 Å². The minimum absolute atomic E-state index is 0. The van der Waals surface area contributed by atoms with E-state index in [1.807, 2.05) is 20.8 Å². The molecule has 0 heterocycles. The van der Waals surface area contributed by atoms with Crippen LogP contribution in [0.1, 0.15) is 59.3 Å². The summed E-state index contributed by atoms with van der Waals surface area (Å²) in [4.78, 5) is 12.6. The normalized spacial score (nSPS) is 40.3. The third-order valence-electron chi connectivity index (χ3n) is 6.92. The quantitative estimate of drug-likeness (QED) is 0.778. The van der Waals surface area contributed by atoms with E-state index >= 15 is 0 Å². The lowest BCUT2D eigenvalue weighted by Crippen LogP contribution is -2.75. The number of fused-ring (bicyclic) bond motifs is 2. The van der Waals surface area contributed by atoms with E-state index in [0.29, 0.717) is 13.0 Å². The van der Waals surface area contributed by atoms with Crippen molar-refractivity contribution in [3.63, 3.8) is 0 Å². The molecular weight excluding hydrogens is 312 g/mol. The van der Waals surface area contributed by atoms with Crippen LogP contribution in [0.5, 0.6) is 0 Å². The number of hydrogen-bond acceptors (Lipinski definition) is 3. The molecule has 0 saturated heterocycles. The van der Waals surface area contributed by atoms with E-state index in [4.69, 9.17) is 10.5 Å². The van der Waals surface area contributed by atoms with Gasteiger partial charge in [0.05, 0.1) is 6.10 Å². The van der Waals surface area contributed by atoms with Crippen LogP contribution >= 0.6 is 12.4 Å². The number of nitrogens with one attached hydrogen (secondary N) is 1. The highest BCUT2D eigenvalue weighted by Gasteiger charge is 2.62. The van der Waals surface area contributed by atoms with Gasteiger partial charge in [0, 0.05) is 25.0 Å². The molecule has 5 atom stereocenters. The largest absolute Gasteiger partial charge is 0.378 e. The van der Waals surface area contributed by atoms with Gasteiger partial charge in [-0.15, -0.1) is 12.4 Å². The van der Waals surface area contributed by atoms with Crippen molar-refractivity contribution in [2.75, 3.05) is 13.2 Å². The van der Waals surface area contributed by atoms with Crippen molar-refractivity contribution in [2.45, 2.75) is 70.9 Å². The summed E-state index contributed by atoms with van der Waals surface area (Å²) in [5.74, 6) is 2.75. The topological polar surface area (TPSA) is 64.3 Å². The Labute approximate surface area is 146 Å². The van der Waals surface area contributed by atoms with Gasteiger partial charge in [0.25, 0.3) is 0 Å². The van der Waals surface area contributed by atoms with Crippen LogP contribution in [0, 0.1) is 23.2 Å². The maximum atomic E-state index is 12.6. The summed E-state index contributed by atoms with van der Waals surface area (Å²) in [6.45, 7) is 7.54. The van der Waals surface area contributed by atoms with E-state index in [2.05, 4.69) is 5.32 Å². The summed E-state index contributed by atoms with van der Waals surface area (Å²) >= 11 is 0. The highest BCUT2D eigenvalue weighted by molar-refractivity contribution is 5.88. The molecule has 1 amide bonds. The number of nitrogens with two attached hydrogens (primary N) is 1. The molecule has 0 aromatic rings. The van der Waals surface area contributed by atoms with Crippen molar-refractivity contribution in [3.05, 3.63) is 0 Å². The van der Waals surface area contributed by atoms with Gasteiger partial charge in [-0.25, -0.2) is 0 Å². The van der Waals surface area contributed by atoms with E-state index in [1.165, 1.54) is 25.7 Å². The summed E-state index contributed by atoms with van der Waals surface area (Å²) in [5.41, 5.74) is 5.34. The van der Waals surface area contributed by atoms with E-state index in [1.54, 1.807) is 0 Å². The average molecular weight is 345 g/mol. The Hall–Kier alpha value is -0.320. The van der Waals surface area contributed by atoms with E-state index in [-0.39, 0.29) is 29.8 Å². The summed E-state index contributed by atoms with van der Waals surface area (Å²) in [5, 5.41) is 3.11. The number of hydrogen-bond donors (Lipinski definition) is 2. The van der Waals surface area contributed by atoms with Gasteiger partial charge in [-0.05, 0) is 50.4 Å². The molecule has 0 aromatic carbocycles. The Morgan fingerprint density at radius 3 is 2.57 bits per heavy atom. The van der Waals surface area contributed by atoms with Crippen molar-refractivity contribution in [1.82, 2.24) is 5.32 Å². The molecule has 3 fully saturated rings. The zero-order chi connectivity index (χ0) is 16.0. The van der Waals surface area contributed by atoms with Crippen LogP contribution in [0.2, 0.25) is 0 Å². The van der Waals surface area contributed by atoms with Crippen LogP contribution < -0.4 is 11.1 Å². The molecule has 23 heavy (non-hydrogen) atoms. The van der Waals surface area contributed by atoms with Gasteiger partial charge < -0.3 is 15.8 Å². The van der Waals surface area contributed by atoms with Gasteiger partial charge in [-0.1, -0.05) is 20.3 Å². The molecule has 0 aromatic heterocycles. The molecule has 3 N–H and O–H groups in total. The van der Waals surface area contributed by atoms with Crippen LogP contribution in [0.25, 0.3) is 0 Å². The lowest BCUT2D eigenvalue weighted by molar-refractivity contribution is -0.170. The second-order valence-corrected chi connectivity index (χ2v) is 8.32. The highest BCUT2D eigenvalue weighted by atomic mass is 35.5. The zero-order valence-electron chi connectivity index (χ0n) is 14.8. The van der Waals surface area contributed by atoms with E-state index in [9.17, 15) is 4.79 Å². The van der Waals surface area contributed by atoms with Gasteiger partial charge in [-0.2, -0.15) is 0 Å². The molecule has 5 unspecified atom stereocenters. The molecule has 134 valence electrons. The Morgan fingerprint density at radius 2 is 2.04 bits per heavy atom. The first-order valence-corrected chi connectivity index (χ1v) is 9.07. The van der Waals surface area contributed by atoms with Gasteiger partial charge in [0.2, 0.25) is 5.91 Å². The standard InChI is InChI=1S/C18H32N2O2.ClH/c1-4-22-15-11-18(19,17(15,2)3)16(21)20-8-7-14-10-12-5-6-13(14)9-12;/h12-15H,4-11,19H2,1-3H3,(H,20,21);1H. The lowest BCUT2D eigenvalue weighted by atomic mass is 9.54. The number of ether oxygens (including phenoxy) is 1. The van der Waals surface area contributed by atoms with Crippen LogP contribution in [0.15, 0.2) is 0 Å². The third kappa shape index (κ3) is 3.14. The van der Waals surface area contributed by atoms with Gasteiger partial charge in [-0.3, -0.25) is 4.79 Å². The minimum atomic E-state index is -0.776. The second kappa shape index (κ2) is 6.89. The lowest BCUT2D eigenvalue weighted by Gasteiger charge is -2.57. The first kappa shape index (κ1) is 19.0. The van der Waals surface area contributed by atoms with Crippen molar-refractivity contribution in [1.29, 1.82) is 0 Å². The molecule has 3 aliphatic rings. The Morgan fingerprint density at radius 1 is 1.30 bits per heavy atom. The minimum Gasteiger partial charge on any atom is -0.378 e. The summed E-state index contributed by atoms with van der Waals surface area (Å²) in [6, 6.07) is 0. The number of halogens is 1. The first-order chi connectivity index (χ1) is 10.4. The second-order valence-electron chi connectivity index (χ2n) is 8.32. The Kier molecular flexibility index (Phi) is 5.70. The molecule has 4 nitrogen and oxygen atoms in total. The van der Waals surface area contributed by atoms with Crippen LogP contribution in [-0.2, 0) is 9.53 Å². The van der Waals surface area contributed by atoms with Crippen molar-refractivity contribution < 1.29 is 9.53 Å². The van der Waals surface area contributed by atoms with Crippen molar-refractivity contribution >= 4 is 18.3 Å². The molecule has 0 radical (unpaired) electrons. The maximum Gasteiger partial charge on any atom is 0.240 e. The number of carbonyl (C=O) groups excluding carboxylic acids is 1. The fourth-order valence-corrected chi connectivity index (χ4v) is 5.08. The van der Waals surface area contributed by atoms with Gasteiger partial charge in [0.15, 0.2) is 0 Å². The molecule has 3 aliphatic carbocycles. The number of amides is 1. The third-order valence-corrected chi connectivity index (χ3v) is 6.92. The number of carbonyl (C=O) groups is 1. The smallest absolute Gasteiger partial charge is 0.240 e. The molecule has 0 spiro atoms. The predicted molar refractivity (Wildman–Crippen MR) is 94.5 cm³/mol. The molecule has 2 bridgehead atoms. The maximum absolute atomic E-state index is 12.6. The van der Waals surface area contributed by atoms with Crippen LogP contribution in [0.3, 0.4) is 0 Å². The SMILES string of the molecule is CCOC1CC(N)(C(=O)NCCC2CC3CCC2C3)C1(C)C.Cl. The fourth-order valence-electron chi connectivity index (χ4n) is 5.08. The van der Waals surface area contributed by atoms with E-state index < -0.39 is 5.54 Å². The Balaban J connectivity index is 0.00000192. The van der Waals surface area contributed by atoms with E-state index in [0.717, 1.165) is 30.7 Å². The van der Waals surface area contributed by atoms with Gasteiger partial charge in [0.1, 0.15) is 5.54 Å². The van der Waals surface area contributed by atoms with Crippen molar-refractivity contribution in [3.8, 4) is 0 Å². The molecule has 0 aliphatic heterocycles. The predicted octanol–water partition coefficient (Wildman–Crippen LogP) is 2.88. The fraction of sp³-hybridized carbons (Fsp3) is 0.944. The van der Waals surface area contributed by atoms with Gasteiger partial charge >= 0.3 is 0 Å². The number of rotatable bonds is 6. The summed E-state index contributed by atoms with van der Waals surface area (Å²) in [7, 11) is 0. The summed E-state index contributed by atoms with van der Waals surface area (Å²) < 4.78 is 5.70. The first-order valence-electron chi connectivity index (χ1n) is 9.07. The monoisotopic (exact) mass is 344 g/mol.